The van der Waals surface area contributed by atoms with Crippen molar-refractivity contribution in [3.63, 3.8) is 0 Å². The van der Waals surface area contributed by atoms with Gasteiger partial charge in [0.1, 0.15) is 0 Å². The van der Waals surface area contributed by atoms with Gasteiger partial charge in [0.05, 0.1) is 0 Å². The van der Waals surface area contributed by atoms with E-state index >= 15 is 0 Å². The minimum Gasteiger partial charge on any atom is -0.178 e. The van der Waals surface area contributed by atoms with Crippen LogP contribution < -0.4 is 0 Å². The van der Waals surface area contributed by atoms with Crippen molar-refractivity contribution < 1.29 is 0 Å². The van der Waals surface area contributed by atoms with E-state index < -0.39 is 0 Å². The van der Waals surface area contributed by atoms with Crippen LogP contribution in [0.3, 0.4) is 0 Å². The fourth-order valence-corrected chi connectivity index (χ4v) is 2.08. The standard InChI is InChI=1S/C2H5IS2/c3-5-2-1-4/h4H,1-2H2. The van der Waals surface area contributed by atoms with E-state index in [-0.39, 0.29) is 0 Å². The smallest absolute Gasteiger partial charge is 0.0122 e. The van der Waals surface area contributed by atoms with Gasteiger partial charge in [0, 0.05) is 11.5 Å². The molecule has 0 saturated heterocycles. The van der Waals surface area contributed by atoms with Crippen LogP contribution in [0, 0.1) is 0 Å². The SMILES string of the molecule is SCCSI. The number of halogens is 1. The Labute approximate surface area is 54.1 Å². The van der Waals surface area contributed by atoms with E-state index in [1.165, 1.54) is 0 Å². The molecule has 0 unspecified atom stereocenters. The molecule has 0 aliphatic carbocycles. The van der Waals surface area contributed by atoms with Crippen LogP contribution in [0.25, 0.3) is 0 Å². The van der Waals surface area contributed by atoms with Crippen LogP contribution in [0.4, 0.5) is 0 Å². The quantitative estimate of drug-likeness (QED) is 0.548. The molecule has 0 N–H and O–H groups in total. The average molecular weight is 220 g/mol. The van der Waals surface area contributed by atoms with Crippen molar-refractivity contribution in [3.8, 4) is 0 Å². The van der Waals surface area contributed by atoms with Crippen LogP contribution in [0.1, 0.15) is 0 Å². The van der Waals surface area contributed by atoms with Gasteiger partial charge in [-0.2, -0.15) is 12.6 Å². The molecular formula is C2H5IS2. The molecule has 5 heavy (non-hydrogen) atoms. The van der Waals surface area contributed by atoms with Gasteiger partial charge in [-0.25, -0.2) is 0 Å². The van der Waals surface area contributed by atoms with Gasteiger partial charge in [-0.1, -0.05) is 8.93 Å². The summed E-state index contributed by atoms with van der Waals surface area (Å²) >= 11 is 6.23. The molecule has 0 amide bonds. The molecule has 0 heterocycles. The van der Waals surface area contributed by atoms with Crippen molar-refractivity contribution >= 4 is 42.8 Å². The molecule has 0 nitrogen and oxygen atoms in total. The Morgan fingerprint density at radius 1 is 1.80 bits per heavy atom. The summed E-state index contributed by atoms with van der Waals surface area (Å²) in [7, 11) is 1.80. The molecular weight excluding hydrogens is 215 g/mol. The predicted molar refractivity (Wildman–Crippen MR) is 40.3 cm³/mol. The molecule has 0 fully saturated rings. The van der Waals surface area contributed by atoms with Crippen molar-refractivity contribution in [2.24, 2.45) is 0 Å². The Morgan fingerprint density at radius 3 is 2.40 bits per heavy atom. The molecule has 0 spiro atoms. The lowest BCUT2D eigenvalue weighted by atomic mass is 11.0. The predicted octanol–water partition coefficient (Wildman–Crippen LogP) is 2.00. The zero-order valence-electron chi connectivity index (χ0n) is 2.65. The molecule has 0 bridgehead atoms. The molecule has 0 aromatic rings. The Bertz CT molecular complexity index is 15.1. The van der Waals surface area contributed by atoms with Gasteiger partial charge >= 0.3 is 0 Å². The normalized spacial score (nSPS) is 8.40. The third kappa shape index (κ3) is 5.43. The third-order valence-corrected chi connectivity index (χ3v) is 2.37. The van der Waals surface area contributed by atoms with Crippen LogP contribution in [0.2, 0.25) is 0 Å². The van der Waals surface area contributed by atoms with Crippen LogP contribution in [0.5, 0.6) is 0 Å². The maximum absolute atomic E-state index is 3.98. The highest BCUT2D eigenvalue weighted by atomic mass is 127. The van der Waals surface area contributed by atoms with E-state index in [0.29, 0.717) is 0 Å². The maximum Gasteiger partial charge on any atom is 0.0122 e. The van der Waals surface area contributed by atoms with E-state index in [9.17, 15) is 0 Å². The summed E-state index contributed by atoms with van der Waals surface area (Å²) in [5.74, 6) is 2.15. The first kappa shape index (κ1) is 6.43. The molecule has 0 radical (unpaired) electrons. The van der Waals surface area contributed by atoms with E-state index in [1.807, 2.05) is 0 Å². The molecule has 0 saturated carbocycles. The Kier molecular flexibility index (Phi) is 6.98. The molecule has 0 aromatic heterocycles. The summed E-state index contributed by atoms with van der Waals surface area (Å²) in [6, 6.07) is 0. The molecule has 0 aromatic carbocycles. The summed E-state index contributed by atoms with van der Waals surface area (Å²) in [6.07, 6.45) is 0. The Hall–Kier alpha value is 1.43. The zero-order chi connectivity index (χ0) is 4.12. The molecule has 0 aliphatic rings. The summed E-state index contributed by atoms with van der Waals surface area (Å²) in [4.78, 5) is 0. The van der Waals surface area contributed by atoms with E-state index in [2.05, 4.69) is 33.8 Å². The van der Waals surface area contributed by atoms with Gasteiger partial charge in [-0.3, -0.25) is 0 Å². The lowest BCUT2D eigenvalue weighted by Crippen LogP contribution is -1.68. The van der Waals surface area contributed by atoms with Gasteiger partial charge in [-0.15, -0.1) is 0 Å². The van der Waals surface area contributed by atoms with Crippen LogP contribution in [-0.2, 0) is 0 Å². The average Bonchev–Trinajstić information content (AvgIpc) is 1.41. The molecule has 3 heteroatoms. The van der Waals surface area contributed by atoms with E-state index in [0.717, 1.165) is 11.5 Å². The summed E-state index contributed by atoms with van der Waals surface area (Å²) in [6.45, 7) is 0. The zero-order valence-corrected chi connectivity index (χ0v) is 6.52. The molecule has 0 rings (SSSR count). The van der Waals surface area contributed by atoms with Crippen molar-refractivity contribution in [1.29, 1.82) is 0 Å². The van der Waals surface area contributed by atoms with Crippen LogP contribution >= 0.6 is 42.8 Å². The van der Waals surface area contributed by atoms with Gasteiger partial charge in [0.2, 0.25) is 0 Å². The van der Waals surface area contributed by atoms with E-state index in [1.54, 1.807) is 8.93 Å². The second-order valence-electron chi connectivity index (χ2n) is 0.537. The molecule has 0 atom stereocenters. The molecule has 32 valence electrons. The van der Waals surface area contributed by atoms with Gasteiger partial charge in [0.15, 0.2) is 0 Å². The number of rotatable bonds is 2. The minimum atomic E-state index is 0.994. The van der Waals surface area contributed by atoms with Crippen molar-refractivity contribution in [2.45, 2.75) is 0 Å². The first-order chi connectivity index (χ1) is 2.41. The minimum absolute atomic E-state index is 0.994. The van der Waals surface area contributed by atoms with E-state index in [4.69, 9.17) is 0 Å². The second kappa shape index (κ2) is 5.43. The second-order valence-corrected chi connectivity index (χ2v) is 3.48. The molecule has 0 aliphatic heterocycles. The van der Waals surface area contributed by atoms with Gasteiger partial charge < -0.3 is 0 Å². The fourth-order valence-electron chi connectivity index (χ4n) is 0.0345. The largest absolute Gasteiger partial charge is 0.178 e. The summed E-state index contributed by atoms with van der Waals surface area (Å²) < 4.78 is 0. The monoisotopic (exact) mass is 220 g/mol. The highest BCUT2D eigenvalue weighted by molar-refractivity contribution is 14.2. The topological polar surface area (TPSA) is 0 Å². The Morgan fingerprint density at radius 2 is 2.40 bits per heavy atom. The van der Waals surface area contributed by atoms with Crippen molar-refractivity contribution in [2.75, 3.05) is 11.5 Å². The first-order valence-corrected chi connectivity index (χ1v) is 5.42. The highest BCUT2D eigenvalue weighted by Gasteiger charge is 1.70. The van der Waals surface area contributed by atoms with Gasteiger partial charge in [-0.05, 0) is 21.2 Å². The maximum atomic E-state index is 3.98. The van der Waals surface area contributed by atoms with Crippen LogP contribution in [-0.4, -0.2) is 11.5 Å². The van der Waals surface area contributed by atoms with Crippen LogP contribution in [0.15, 0.2) is 0 Å². The number of hydrogen-bond acceptors (Lipinski definition) is 2. The first-order valence-electron chi connectivity index (χ1n) is 1.26. The Balaban J connectivity index is 2.19. The third-order valence-electron chi connectivity index (χ3n) is 0.168. The van der Waals surface area contributed by atoms with Crippen molar-refractivity contribution in [3.05, 3.63) is 0 Å². The highest BCUT2D eigenvalue weighted by Crippen LogP contribution is 2.09. The lowest BCUT2D eigenvalue weighted by Gasteiger charge is -1.77. The number of thiol groups is 1. The lowest BCUT2D eigenvalue weighted by molar-refractivity contribution is 1.59. The van der Waals surface area contributed by atoms with Crippen molar-refractivity contribution in [1.82, 2.24) is 0 Å². The summed E-state index contributed by atoms with van der Waals surface area (Å²) in [5, 5.41) is 0. The summed E-state index contributed by atoms with van der Waals surface area (Å²) in [5.41, 5.74) is 0. The number of hydrogen-bond donors (Lipinski definition) is 1. The van der Waals surface area contributed by atoms with Gasteiger partial charge in [0.25, 0.3) is 0 Å². The fraction of sp³-hybridized carbons (Fsp3) is 1.00.